The third kappa shape index (κ3) is 3.85. The summed E-state index contributed by atoms with van der Waals surface area (Å²) in [6, 6.07) is 9.18. The molecule has 4 rings (SSSR count). The van der Waals surface area contributed by atoms with Gasteiger partial charge < -0.3 is 14.8 Å². The SMILES string of the molecule is COCCc1ncc(CN[C@@H]2[C@@H]3CCC[C@@H]3[C@H]2c2ccc(OC)cc2)cn1. The number of nitrogens with one attached hydrogen (secondary N) is 1. The fourth-order valence-electron chi connectivity index (χ4n) is 4.89. The maximum absolute atomic E-state index is 5.32. The van der Waals surface area contributed by atoms with Crippen LogP contribution in [-0.2, 0) is 17.7 Å². The minimum Gasteiger partial charge on any atom is -0.497 e. The van der Waals surface area contributed by atoms with Crippen molar-refractivity contribution in [3.05, 3.63) is 53.6 Å². The van der Waals surface area contributed by atoms with Gasteiger partial charge in [-0.3, -0.25) is 0 Å². The Morgan fingerprint density at radius 1 is 1.04 bits per heavy atom. The summed E-state index contributed by atoms with van der Waals surface area (Å²) in [5.74, 6) is 4.00. The molecule has 0 unspecified atom stereocenters. The molecule has 0 aliphatic heterocycles. The fourth-order valence-corrected chi connectivity index (χ4v) is 4.89. The maximum Gasteiger partial charge on any atom is 0.130 e. The minimum absolute atomic E-state index is 0.541. The van der Waals surface area contributed by atoms with Gasteiger partial charge in [-0.2, -0.15) is 0 Å². The lowest BCUT2D eigenvalue weighted by molar-refractivity contribution is 0.0940. The molecular formula is C22H29N3O2. The smallest absolute Gasteiger partial charge is 0.130 e. The number of methoxy groups -OCH3 is 2. The van der Waals surface area contributed by atoms with E-state index in [-0.39, 0.29) is 0 Å². The average molecular weight is 367 g/mol. The summed E-state index contributed by atoms with van der Waals surface area (Å²) in [4.78, 5) is 8.91. The van der Waals surface area contributed by atoms with Crippen LogP contribution in [0.15, 0.2) is 36.7 Å². The second-order valence-corrected chi connectivity index (χ2v) is 7.71. The quantitative estimate of drug-likeness (QED) is 0.775. The highest BCUT2D eigenvalue weighted by molar-refractivity contribution is 5.34. The number of benzene rings is 1. The van der Waals surface area contributed by atoms with Gasteiger partial charge in [0.05, 0.1) is 13.7 Å². The van der Waals surface area contributed by atoms with Crippen molar-refractivity contribution in [1.29, 1.82) is 0 Å². The Morgan fingerprint density at radius 2 is 1.78 bits per heavy atom. The van der Waals surface area contributed by atoms with E-state index in [1.54, 1.807) is 14.2 Å². The number of hydrogen-bond acceptors (Lipinski definition) is 5. The molecule has 1 aromatic heterocycles. The Morgan fingerprint density at radius 3 is 2.48 bits per heavy atom. The summed E-state index contributed by atoms with van der Waals surface area (Å²) in [5, 5.41) is 3.81. The summed E-state index contributed by atoms with van der Waals surface area (Å²) in [6.07, 6.45) is 8.71. The normalized spacial score (nSPS) is 26.4. The molecule has 27 heavy (non-hydrogen) atoms. The van der Waals surface area contributed by atoms with Crippen molar-refractivity contribution in [1.82, 2.24) is 15.3 Å². The zero-order valence-corrected chi connectivity index (χ0v) is 16.2. The molecule has 0 bridgehead atoms. The molecule has 1 N–H and O–H groups in total. The number of hydrogen-bond donors (Lipinski definition) is 1. The van der Waals surface area contributed by atoms with E-state index in [2.05, 4.69) is 39.6 Å². The van der Waals surface area contributed by atoms with Crippen LogP contribution in [0, 0.1) is 11.8 Å². The monoisotopic (exact) mass is 367 g/mol. The Labute approximate surface area is 161 Å². The summed E-state index contributed by atoms with van der Waals surface area (Å²) >= 11 is 0. The van der Waals surface area contributed by atoms with Gasteiger partial charge in [-0.25, -0.2) is 9.97 Å². The highest BCUT2D eigenvalue weighted by Gasteiger charge is 2.52. The Kier molecular flexibility index (Phi) is 5.69. The van der Waals surface area contributed by atoms with Crippen LogP contribution in [0.25, 0.3) is 0 Å². The first kappa shape index (κ1) is 18.4. The van der Waals surface area contributed by atoms with Crippen molar-refractivity contribution < 1.29 is 9.47 Å². The van der Waals surface area contributed by atoms with Crippen LogP contribution in [0.2, 0.25) is 0 Å². The Balaban J connectivity index is 1.40. The predicted octanol–water partition coefficient (Wildman–Crippen LogP) is 3.35. The molecule has 2 aliphatic rings. The first-order valence-corrected chi connectivity index (χ1v) is 9.96. The van der Waals surface area contributed by atoms with Gasteiger partial charge in [-0.1, -0.05) is 18.6 Å². The van der Waals surface area contributed by atoms with Crippen LogP contribution < -0.4 is 10.1 Å². The fraction of sp³-hybridized carbons (Fsp3) is 0.545. The Bertz CT molecular complexity index is 732. The lowest BCUT2D eigenvalue weighted by Crippen LogP contribution is -2.54. The van der Waals surface area contributed by atoms with E-state index in [4.69, 9.17) is 9.47 Å². The molecule has 5 nitrogen and oxygen atoms in total. The third-order valence-corrected chi connectivity index (χ3v) is 6.27. The number of nitrogens with zero attached hydrogens (tertiary/aromatic N) is 2. The number of fused-ring (bicyclic) bond motifs is 1. The van der Waals surface area contributed by atoms with Crippen LogP contribution in [0.4, 0.5) is 0 Å². The second kappa shape index (κ2) is 8.36. The highest BCUT2D eigenvalue weighted by Crippen LogP contribution is 2.56. The van der Waals surface area contributed by atoms with E-state index in [1.807, 2.05) is 12.4 Å². The lowest BCUT2D eigenvalue weighted by Gasteiger charge is -2.50. The molecule has 0 spiro atoms. The molecule has 5 heteroatoms. The number of aromatic nitrogens is 2. The summed E-state index contributed by atoms with van der Waals surface area (Å²) in [7, 11) is 3.42. The lowest BCUT2D eigenvalue weighted by atomic mass is 9.60. The van der Waals surface area contributed by atoms with Gasteiger partial charge in [0.15, 0.2) is 0 Å². The van der Waals surface area contributed by atoms with Gasteiger partial charge in [0.2, 0.25) is 0 Å². The van der Waals surface area contributed by atoms with Crippen molar-refractivity contribution in [2.75, 3.05) is 20.8 Å². The molecule has 1 aromatic carbocycles. The van der Waals surface area contributed by atoms with Crippen molar-refractivity contribution in [3.8, 4) is 5.75 Å². The first-order valence-electron chi connectivity index (χ1n) is 9.96. The van der Waals surface area contributed by atoms with Crippen LogP contribution in [0.1, 0.15) is 42.1 Å². The summed E-state index contributed by atoms with van der Waals surface area (Å²) < 4.78 is 10.4. The minimum atomic E-state index is 0.541. The molecule has 2 saturated carbocycles. The molecule has 4 atom stereocenters. The van der Waals surface area contributed by atoms with Gasteiger partial charge in [-0.15, -0.1) is 0 Å². The largest absolute Gasteiger partial charge is 0.497 e. The number of rotatable bonds is 8. The van der Waals surface area contributed by atoms with Gasteiger partial charge in [0.25, 0.3) is 0 Å². The third-order valence-electron chi connectivity index (χ3n) is 6.27. The van der Waals surface area contributed by atoms with E-state index < -0.39 is 0 Å². The van der Waals surface area contributed by atoms with Crippen LogP contribution in [-0.4, -0.2) is 36.8 Å². The van der Waals surface area contributed by atoms with Gasteiger partial charge in [-0.05, 0) is 42.4 Å². The molecule has 2 aromatic rings. The van der Waals surface area contributed by atoms with E-state index in [0.717, 1.165) is 41.9 Å². The molecular weight excluding hydrogens is 338 g/mol. The zero-order valence-electron chi connectivity index (χ0n) is 16.2. The standard InChI is InChI=1S/C22H29N3O2/c1-26-11-10-20-23-12-15(13-24-20)14-25-22-19-5-3-4-18(19)21(22)16-6-8-17(27-2)9-7-16/h6-9,12-13,18-19,21-22,25H,3-5,10-11,14H2,1-2H3/t18-,19+,21+,22+/m0/s1. The van der Waals surface area contributed by atoms with Crippen molar-refractivity contribution in [3.63, 3.8) is 0 Å². The molecule has 144 valence electrons. The van der Waals surface area contributed by atoms with E-state index in [1.165, 1.54) is 24.8 Å². The van der Waals surface area contributed by atoms with Gasteiger partial charge in [0.1, 0.15) is 11.6 Å². The highest BCUT2D eigenvalue weighted by atomic mass is 16.5. The maximum atomic E-state index is 5.32. The molecule has 1 heterocycles. The summed E-state index contributed by atoms with van der Waals surface area (Å²) in [5.41, 5.74) is 2.58. The zero-order chi connectivity index (χ0) is 18.6. The van der Waals surface area contributed by atoms with Crippen molar-refractivity contribution >= 4 is 0 Å². The Hall–Kier alpha value is -1.98. The van der Waals surface area contributed by atoms with Crippen LogP contribution >= 0.6 is 0 Å². The van der Waals surface area contributed by atoms with Crippen LogP contribution in [0.3, 0.4) is 0 Å². The van der Waals surface area contributed by atoms with E-state index in [9.17, 15) is 0 Å². The van der Waals surface area contributed by atoms with E-state index in [0.29, 0.717) is 18.6 Å². The molecule has 2 aliphatic carbocycles. The topological polar surface area (TPSA) is 56.3 Å². The van der Waals surface area contributed by atoms with Crippen molar-refractivity contribution in [2.24, 2.45) is 11.8 Å². The summed E-state index contributed by atoms with van der Waals surface area (Å²) in [6.45, 7) is 1.48. The van der Waals surface area contributed by atoms with Crippen LogP contribution in [0.5, 0.6) is 5.75 Å². The molecule has 0 saturated heterocycles. The molecule has 2 fully saturated rings. The second-order valence-electron chi connectivity index (χ2n) is 7.71. The van der Waals surface area contributed by atoms with Crippen molar-refractivity contribution in [2.45, 2.75) is 44.2 Å². The number of ether oxygens (including phenoxy) is 2. The molecule has 0 amide bonds. The van der Waals surface area contributed by atoms with E-state index >= 15 is 0 Å². The van der Waals surface area contributed by atoms with Gasteiger partial charge in [0, 0.05) is 50.0 Å². The average Bonchev–Trinajstić information content (AvgIpc) is 3.11. The van der Waals surface area contributed by atoms with Gasteiger partial charge >= 0.3 is 0 Å². The molecule has 0 radical (unpaired) electrons. The predicted molar refractivity (Wildman–Crippen MR) is 105 cm³/mol. The first-order chi connectivity index (χ1) is 13.3.